The highest BCUT2D eigenvalue weighted by atomic mass is 32.2. The smallest absolute Gasteiger partial charge is 0.340 e. The highest BCUT2D eigenvalue weighted by Crippen LogP contribution is 2.10. The number of quaternary nitrogens is 1. The van der Waals surface area contributed by atoms with Crippen LogP contribution in [0, 0.1) is 5.21 Å². The van der Waals surface area contributed by atoms with Crippen LogP contribution in [0.2, 0.25) is 0 Å². The molecule has 2 unspecified atom stereocenters. The van der Waals surface area contributed by atoms with Gasteiger partial charge in [0.15, 0.2) is 0 Å². The van der Waals surface area contributed by atoms with Crippen molar-refractivity contribution >= 4 is 21.9 Å². The van der Waals surface area contributed by atoms with Gasteiger partial charge in [0.05, 0.1) is 13.5 Å². The molecule has 0 saturated carbocycles. The molecule has 0 aromatic rings. The van der Waals surface area contributed by atoms with E-state index in [1.807, 2.05) is 0 Å². The highest BCUT2D eigenvalue weighted by Gasteiger charge is 2.48. The van der Waals surface area contributed by atoms with E-state index in [0.717, 1.165) is 7.11 Å². The van der Waals surface area contributed by atoms with E-state index in [1.165, 1.54) is 0 Å². The van der Waals surface area contributed by atoms with E-state index in [1.54, 1.807) is 0 Å². The number of imide groups is 1. The van der Waals surface area contributed by atoms with E-state index in [-0.39, 0.29) is 0 Å². The highest BCUT2D eigenvalue weighted by molar-refractivity contribution is 7.88. The third-order valence-electron chi connectivity index (χ3n) is 1.72. The number of hydrogen-bond acceptors (Lipinski definition) is 6. The molecular formula is C5H7NO6S. The fourth-order valence-corrected chi connectivity index (χ4v) is 1.94. The van der Waals surface area contributed by atoms with Gasteiger partial charge in [-0.15, -0.1) is 0 Å². The summed E-state index contributed by atoms with van der Waals surface area (Å²) >= 11 is 0. The molecule has 2 atom stereocenters. The Kier molecular flexibility index (Phi) is 2.48. The lowest BCUT2D eigenvalue weighted by atomic mass is 10.4. The molecule has 8 heteroatoms. The van der Waals surface area contributed by atoms with Gasteiger partial charge in [0, 0.05) is 0 Å². The Morgan fingerprint density at radius 1 is 1.54 bits per heavy atom. The summed E-state index contributed by atoms with van der Waals surface area (Å²) in [6.45, 7) is 0. The zero-order valence-corrected chi connectivity index (χ0v) is 7.46. The average Bonchev–Trinajstić information content (AvgIpc) is 2.33. The van der Waals surface area contributed by atoms with Gasteiger partial charge in [-0.25, -0.2) is 14.7 Å². The molecule has 13 heavy (non-hydrogen) atoms. The van der Waals surface area contributed by atoms with Gasteiger partial charge in [-0.1, -0.05) is 0 Å². The Bertz CT molecular complexity index is 346. The summed E-state index contributed by atoms with van der Waals surface area (Å²) in [5.41, 5.74) is 0. The van der Waals surface area contributed by atoms with Crippen LogP contribution >= 0.6 is 0 Å². The lowest BCUT2D eigenvalue weighted by molar-refractivity contribution is -0.672. The largest absolute Gasteiger partial charge is 0.619 e. The SMILES string of the molecule is COS(=O)(=O)C1CC(=O)[NH+]([O-])C1=O. The Balaban J connectivity index is 3.00. The standard InChI is InChI=1S/C5H7NO6S/c1-12-13(10,11)3-2-4(7)6(9)5(3)8/h3,6H,2H2,1H3. The molecule has 74 valence electrons. The predicted molar refractivity (Wildman–Crippen MR) is 38.7 cm³/mol. The summed E-state index contributed by atoms with van der Waals surface area (Å²) in [5, 5.41) is 7.76. The van der Waals surface area contributed by atoms with Crippen LogP contribution in [-0.4, -0.2) is 32.6 Å². The Hall–Kier alpha value is -0.830. The molecule has 0 aliphatic carbocycles. The van der Waals surface area contributed by atoms with Gasteiger partial charge in [0.25, 0.3) is 10.1 Å². The van der Waals surface area contributed by atoms with E-state index >= 15 is 0 Å². The van der Waals surface area contributed by atoms with Crippen LogP contribution in [0.15, 0.2) is 0 Å². The minimum atomic E-state index is -4.10. The molecule has 1 N–H and O–H groups in total. The number of rotatable bonds is 2. The maximum absolute atomic E-state index is 11.0. The van der Waals surface area contributed by atoms with Gasteiger partial charge in [-0.2, -0.15) is 8.42 Å². The first-order valence-electron chi connectivity index (χ1n) is 3.31. The van der Waals surface area contributed by atoms with Crippen molar-refractivity contribution in [1.82, 2.24) is 0 Å². The predicted octanol–water partition coefficient (Wildman–Crippen LogP) is -2.83. The molecule has 7 nitrogen and oxygen atoms in total. The van der Waals surface area contributed by atoms with Gasteiger partial charge in [0.2, 0.25) is 5.25 Å². The second kappa shape index (κ2) is 3.14. The minimum absolute atomic E-state index is 0.603. The number of hydrogen-bond donors (Lipinski definition) is 1. The first-order valence-corrected chi connectivity index (χ1v) is 4.78. The molecule has 0 bridgehead atoms. The van der Waals surface area contributed by atoms with Crippen molar-refractivity contribution in [2.24, 2.45) is 0 Å². The summed E-state index contributed by atoms with van der Waals surface area (Å²) in [6.07, 6.45) is -0.603. The topological polar surface area (TPSA) is 105 Å². The molecule has 1 fully saturated rings. The first-order chi connectivity index (χ1) is 5.90. The lowest BCUT2D eigenvalue weighted by Gasteiger charge is -2.09. The van der Waals surface area contributed by atoms with Gasteiger partial charge >= 0.3 is 11.8 Å². The van der Waals surface area contributed by atoms with Crippen molar-refractivity contribution in [3.63, 3.8) is 0 Å². The van der Waals surface area contributed by atoms with Crippen LogP contribution in [0.25, 0.3) is 0 Å². The van der Waals surface area contributed by atoms with Crippen LogP contribution in [-0.2, 0) is 23.9 Å². The van der Waals surface area contributed by atoms with Crippen molar-refractivity contribution in [3.8, 4) is 0 Å². The molecule has 0 radical (unpaired) electrons. The lowest BCUT2D eigenvalue weighted by Crippen LogP contribution is -3.10. The number of carbonyl (C=O) groups is 2. The van der Waals surface area contributed by atoms with Crippen LogP contribution in [0.1, 0.15) is 6.42 Å². The Morgan fingerprint density at radius 2 is 2.08 bits per heavy atom. The Labute approximate surface area is 74.0 Å². The Morgan fingerprint density at radius 3 is 2.38 bits per heavy atom. The molecule has 1 aliphatic rings. The molecule has 1 aliphatic heterocycles. The molecule has 0 aromatic heterocycles. The van der Waals surface area contributed by atoms with Gasteiger partial charge in [-0.3, -0.25) is 4.18 Å². The van der Waals surface area contributed by atoms with E-state index in [4.69, 9.17) is 0 Å². The maximum atomic E-state index is 11.0. The van der Waals surface area contributed by atoms with Gasteiger partial charge in [-0.05, 0) is 0 Å². The second-order valence-electron chi connectivity index (χ2n) is 2.47. The van der Waals surface area contributed by atoms with E-state index in [0.29, 0.717) is 0 Å². The second-order valence-corrected chi connectivity index (χ2v) is 4.36. The van der Waals surface area contributed by atoms with Crippen LogP contribution in [0.5, 0.6) is 0 Å². The van der Waals surface area contributed by atoms with Gasteiger partial charge < -0.3 is 5.21 Å². The molecule has 1 rings (SSSR count). The normalized spacial score (nSPS) is 29.7. The van der Waals surface area contributed by atoms with Crippen molar-refractivity contribution in [2.45, 2.75) is 11.7 Å². The third kappa shape index (κ3) is 1.61. The fraction of sp³-hybridized carbons (Fsp3) is 0.600. The number of hydroxylamine groups is 2. The van der Waals surface area contributed by atoms with E-state index in [2.05, 4.69) is 4.18 Å². The quantitative estimate of drug-likeness (QED) is 0.298. The number of carbonyl (C=O) groups excluding carboxylic acids is 2. The maximum Gasteiger partial charge on any atom is 0.340 e. The van der Waals surface area contributed by atoms with E-state index < -0.39 is 38.7 Å². The molecular weight excluding hydrogens is 202 g/mol. The first kappa shape index (κ1) is 10.3. The van der Waals surface area contributed by atoms with Crippen molar-refractivity contribution in [2.75, 3.05) is 7.11 Å². The van der Waals surface area contributed by atoms with Crippen LogP contribution < -0.4 is 5.06 Å². The average molecular weight is 209 g/mol. The monoisotopic (exact) mass is 209 g/mol. The third-order valence-corrected chi connectivity index (χ3v) is 3.26. The fourth-order valence-electron chi connectivity index (χ4n) is 0.987. The van der Waals surface area contributed by atoms with Crippen LogP contribution in [0.3, 0.4) is 0 Å². The van der Waals surface area contributed by atoms with Crippen LogP contribution in [0.4, 0.5) is 0 Å². The summed E-state index contributed by atoms with van der Waals surface area (Å²) < 4.78 is 25.9. The zero-order valence-electron chi connectivity index (χ0n) is 6.64. The summed E-state index contributed by atoms with van der Waals surface area (Å²) in [5.74, 6) is -2.18. The molecule has 1 heterocycles. The summed E-state index contributed by atoms with van der Waals surface area (Å²) in [7, 11) is -3.23. The molecule has 0 aromatic carbocycles. The number of amides is 2. The summed E-state index contributed by atoms with van der Waals surface area (Å²) in [6, 6.07) is 0. The molecule has 1 saturated heterocycles. The van der Waals surface area contributed by atoms with Crippen molar-refractivity contribution < 1.29 is 27.3 Å². The van der Waals surface area contributed by atoms with Gasteiger partial charge in [0.1, 0.15) is 0 Å². The van der Waals surface area contributed by atoms with Crippen molar-refractivity contribution in [1.29, 1.82) is 0 Å². The number of nitrogens with one attached hydrogen (secondary N) is 1. The minimum Gasteiger partial charge on any atom is -0.619 e. The zero-order chi connectivity index (χ0) is 10.2. The molecule has 0 spiro atoms. The van der Waals surface area contributed by atoms with Crippen molar-refractivity contribution in [3.05, 3.63) is 5.21 Å². The van der Waals surface area contributed by atoms with E-state index in [9.17, 15) is 23.2 Å². The molecule has 2 amide bonds. The summed E-state index contributed by atoms with van der Waals surface area (Å²) in [4.78, 5) is 21.6.